The van der Waals surface area contributed by atoms with Gasteiger partial charge in [0.05, 0.1) is 12.3 Å². The molecule has 84 valence electrons. The molecule has 15 heavy (non-hydrogen) atoms. The first kappa shape index (κ1) is 11.8. The van der Waals surface area contributed by atoms with Gasteiger partial charge in [-0.25, -0.2) is 0 Å². The van der Waals surface area contributed by atoms with E-state index in [1.165, 1.54) is 18.3 Å². The molecule has 3 nitrogen and oxygen atoms in total. The van der Waals surface area contributed by atoms with Gasteiger partial charge in [0, 0.05) is 12.3 Å². The fourth-order valence-corrected chi connectivity index (χ4v) is 0.887. The van der Waals surface area contributed by atoms with Crippen LogP contribution in [0, 0.1) is 0 Å². The Morgan fingerprint density at radius 3 is 2.73 bits per heavy atom. The van der Waals surface area contributed by atoms with Gasteiger partial charge in [-0.3, -0.25) is 4.98 Å². The molecule has 1 unspecified atom stereocenters. The Hall–Kier alpha value is -1.30. The predicted molar refractivity (Wildman–Crippen MR) is 46.3 cm³/mol. The molecule has 0 spiro atoms. The van der Waals surface area contributed by atoms with Crippen LogP contribution in [0.25, 0.3) is 0 Å². The van der Waals surface area contributed by atoms with E-state index in [1.807, 2.05) is 0 Å². The van der Waals surface area contributed by atoms with E-state index in [9.17, 15) is 13.2 Å². The van der Waals surface area contributed by atoms with Gasteiger partial charge < -0.3 is 9.84 Å². The molecule has 0 aliphatic rings. The van der Waals surface area contributed by atoms with Crippen LogP contribution in [0.15, 0.2) is 18.3 Å². The lowest BCUT2D eigenvalue weighted by atomic mass is 10.3. The molecule has 0 aliphatic carbocycles. The number of ether oxygens (including phenoxy) is 1. The summed E-state index contributed by atoms with van der Waals surface area (Å²) in [5.41, 5.74) is 0.266. The summed E-state index contributed by atoms with van der Waals surface area (Å²) in [6.45, 7) is 0.580. The molecule has 0 radical (unpaired) electrons. The first-order valence-electron chi connectivity index (χ1n) is 4.22. The number of aliphatic hydroxyl groups excluding tert-OH is 1. The van der Waals surface area contributed by atoms with Crippen LogP contribution in [0.1, 0.15) is 12.6 Å². The van der Waals surface area contributed by atoms with Gasteiger partial charge in [-0.15, -0.1) is 0 Å². The van der Waals surface area contributed by atoms with Crippen molar-refractivity contribution in [3.63, 3.8) is 0 Å². The van der Waals surface area contributed by atoms with Gasteiger partial charge in [-0.2, -0.15) is 13.2 Å². The van der Waals surface area contributed by atoms with E-state index < -0.39 is 12.3 Å². The average Bonchev–Trinajstić information content (AvgIpc) is 2.16. The van der Waals surface area contributed by atoms with Crippen LogP contribution in [-0.4, -0.2) is 22.4 Å². The maximum atomic E-state index is 12.1. The first-order chi connectivity index (χ1) is 6.93. The molecular formula is C9H10F3NO2. The SMILES string of the molecule is CC(Oc1ccnc(CO)c1)C(F)(F)F. The zero-order valence-electron chi connectivity index (χ0n) is 7.95. The van der Waals surface area contributed by atoms with E-state index in [1.54, 1.807) is 0 Å². The second-order valence-corrected chi connectivity index (χ2v) is 2.94. The Balaban J connectivity index is 2.72. The molecule has 1 heterocycles. The number of hydrogen-bond donors (Lipinski definition) is 1. The smallest absolute Gasteiger partial charge is 0.425 e. The van der Waals surface area contributed by atoms with E-state index in [4.69, 9.17) is 5.11 Å². The Labute approximate surface area is 84.5 Å². The van der Waals surface area contributed by atoms with Crippen molar-refractivity contribution in [3.05, 3.63) is 24.0 Å². The molecule has 0 fully saturated rings. The maximum Gasteiger partial charge on any atom is 0.425 e. The minimum absolute atomic E-state index is 0.0406. The Morgan fingerprint density at radius 1 is 1.53 bits per heavy atom. The number of aromatic nitrogens is 1. The lowest BCUT2D eigenvalue weighted by Gasteiger charge is -2.17. The topological polar surface area (TPSA) is 42.4 Å². The van der Waals surface area contributed by atoms with Crippen molar-refractivity contribution < 1.29 is 23.0 Å². The number of alkyl halides is 3. The number of pyridine rings is 1. The van der Waals surface area contributed by atoms with E-state index in [0.29, 0.717) is 0 Å². The van der Waals surface area contributed by atoms with Gasteiger partial charge in [0.1, 0.15) is 5.75 Å². The van der Waals surface area contributed by atoms with Crippen LogP contribution in [-0.2, 0) is 6.61 Å². The minimum atomic E-state index is -4.40. The third-order valence-corrected chi connectivity index (χ3v) is 1.72. The lowest BCUT2D eigenvalue weighted by molar-refractivity contribution is -0.189. The standard InChI is InChI=1S/C9H10F3NO2/c1-6(9(10,11)12)15-8-2-3-13-7(4-8)5-14/h2-4,6,14H,5H2,1H3. The fourth-order valence-electron chi connectivity index (χ4n) is 0.887. The van der Waals surface area contributed by atoms with Crippen molar-refractivity contribution in [2.24, 2.45) is 0 Å². The summed E-state index contributed by atoms with van der Waals surface area (Å²) >= 11 is 0. The van der Waals surface area contributed by atoms with Crippen LogP contribution >= 0.6 is 0 Å². The van der Waals surface area contributed by atoms with Crippen molar-refractivity contribution in [2.75, 3.05) is 0 Å². The second kappa shape index (κ2) is 4.48. The number of nitrogens with zero attached hydrogens (tertiary/aromatic N) is 1. The molecule has 0 saturated carbocycles. The average molecular weight is 221 g/mol. The number of hydrogen-bond acceptors (Lipinski definition) is 3. The molecule has 0 aliphatic heterocycles. The van der Waals surface area contributed by atoms with Gasteiger partial charge in [0.15, 0.2) is 6.10 Å². The minimum Gasteiger partial charge on any atom is -0.481 e. The third kappa shape index (κ3) is 3.39. The summed E-state index contributed by atoms with van der Waals surface area (Å²) in [5.74, 6) is 0.0406. The highest BCUT2D eigenvalue weighted by Crippen LogP contribution is 2.24. The molecule has 0 bridgehead atoms. The fraction of sp³-hybridized carbons (Fsp3) is 0.444. The highest BCUT2D eigenvalue weighted by Gasteiger charge is 2.38. The van der Waals surface area contributed by atoms with Crippen molar-refractivity contribution in [3.8, 4) is 5.75 Å². The maximum absolute atomic E-state index is 12.1. The molecule has 6 heteroatoms. The molecule has 1 N–H and O–H groups in total. The van der Waals surface area contributed by atoms with E-state index in [2.05, 4.69) is 9.72 Å². The summed E-state index contributed by atoms with van der Waals surface area (Å²) in [4.78, 5) is 3.72. The van der Waals surface area contributed by atoms with E-state index >= 15 is 0 Å². The molecule has 1 atom stereocenters. The molecule has 0 aromatic carbocycles. The predicted octanol–water partition coefficient (Wildman–Crippen LogP) is 1.90. The van der Waals surface area contributed by atoms with Crippen molar-refractivity contribution >= 4 is 0 Å². The van der Waals surface area contributed by atoms with Crippen molar-refractivity contribution in [1.29, 1.82) is 0 Å². The van der Waals surface area contributed by atoms with Crippen LogP contribution in [0.4, 0.5) is 13.2 Å². The summed E-state index contributed by atoms with van der Waals surface area (Å²) in [7, 11) is 0. The summed E-state index contributed by atoms with van der Waals surface area (Å²) in [6.07, 6.45) is -5.00. The second-order valence-electron chi connectivity index (χ2n) is 2.94. The largest absolute Gasteiger partial charge is 0.481 e. The summed E-state index contributed by atoms with van der Waals surface area (Å²) < 4.78 is 41.0. The monoisotopic (exact) mass is 221 g/mol. The van der Waals surface area contributed by atoms with Crippen molar-refractivity contribution in [1.82, 2.24) is 4.98 Å². The van der Waals surface area contributed by atoms with Gasteiger partial charge in [0.2, 0.25) is 0 Å². The molecule has 0 amide bonds. The number of halogens is 3. The Morgan fingerprint density at radius 2 is 2.20 bits per heavy atom. The zero-order chi connectivity index (χ0) is 11.5. The zero-order valence-corrected chi connectivity index (χ0v) is 7.95. The van der Waals surface area contributed by atoms with Crippen LogP contribution in [0.2, 0.25) is 0 Å². The van der Waals surface area contributed by atoms with Crippen LogP contribution in [0.5, 0.6) is 5.75 Å². The number of rotatable bonds is 3. The van der Waals surface area contributed by atoms with E-state index in [-0.39, 0.29) is 18.1 Å². The Kier molecular flexibility index (Phi) is 3.52. The highest BCUT2D eigenvalue weighted by molar-refractivity contribution is 5.22. The van der Waals surface area contributed by atoms with Crippen LogP contribution in [0.3, 0.4) is 0 Å². The quantitative estimate of drug-likeness (QED) is 0.847. The van der Waals surface area contributed by atoms with Gasteiger partial charge in [-0.05, 0) is 13.0 Å². The lowest BCUT2D eigenvalue weighted by Crippen LogP contribution is -2.31. The van der Waals surface area contributed by atoms with Gasteiger partial charge in [-0.1, -0.05) is 0 Å². The third-order valence-electron chi connectivity index (χ3n) is 1.72. The molecule has 1 aromatic heterocycles. The summed E-state index contributed by atoms with van der Waals surface area (Å²) in [6, 6.07) is 2.57. The summed E-state index contributed by atoms with van der Waals surface area (Å²) in [5, 5.41) is 8.72. The van der Waals surface area contributed by atoms with E-state index in [0.717, 1.165) is 6.92 Å². The van der Waals surface area contributed by atoms with Crippen LogP contribution < -0.4 is 4.74 Å². The normalized spacial score (nSPS) is 13.7. The Bertz CT molecular complexity index is 327. The molecule has 1 aromatic rings. The molecular weight excluding hydrogens is 211 g/mol. The van der Waals surface area contributed by atoms with Gasteiger partial charge >= 0.3 is 6.18 Å². The first-order valence-corrected chi connectivity index (χ1v) is 4.22. The molecule has 0 saturated heterocycles. The van der Waals surface area contributed by atoms with Crippen molar-refractivity contribution in [2.45, 2.75) is 25.8 Å². The molecule has 1 rings (SSSR count). The van der Waals surface area contributed by atoms with Gasteiger partial charge in [0.25, 0.3) is 0 Å². The number of aliphatic hydroxyl groups is 1. The highest BCUT2D eigenvalue weighted by atomic mass is 19.4.